The maximum absolute atomic E-state index is 13.8. The molecule has 35 heavy (non-hydrogen) atoms. The van der Waals surface area contributed by atoms with Gasteiger partial charge in [-0.15, -0.1) is 0 Å². The molecule has 0 radical (unpaired) electrons. The molecule has 0 heterocycles. The Balaban J connectivity index is 2.74. The molecule has 0 spiro atoms. The molecule has 0 aliphatic heterocycles. The van der Waals surface area contributed by atoms with Crippen molar-refractivity contribution < 1.29 is 51.5 Å². The van der Waals surface area contributed by atoms with Crippen LogP contribution in [0.2, 0.25) is 0 Å². The molecule has 0 unspecified atom stereocenters. The van der Waals surface area contributed by atoms with Crippen molar-refractivity contribution in [1.82, 2.24) is 0 Å². The Labute approximate surface area is 201 Å². The molecule has 2 rings (SSSR count). The minimum Gasteiger partial charge on any atom is -0.465 e. The summed E-state index contributed by atoms with van der Waals surface area (Å²) in [6, 6.07) is 0. The molecule has 2 saturated carbocycles. The van der Waals surface area contributed by atoms with Gasteiger partial charge < -0.3 is 25.2 Å². The van der Waals surface area contributed by atoms with Crippen LogP contribution in [0.25, 0.3) is 0 Å². The molecule has 11 heteroatoms. The quantitative estimate of drug-likeness (QED) is 0.233. The van der Waals surface area contributed by atoms with Crippen molar-refractivity contribution in [1.29, 1.82) is 0 Å². The Bertz CT molecular complexity index is 670. The molecule has 2 aliphatic carbocycles. The molecule has 0 aromatic heterocycles. The zero-order chi connectivity index (χ0) is 26.3. The van der Waals surface area contributed by atoms with Crippen molar-refractivity contribution in [3.8, 4) is 0 Å². The van der Waals surface area contributed by atoms with Crippen molar-refractivity contribution in [3.63, 3.8) is 0 Å². The standard InChI is InChI=1S/C24H36F6O5/c25-23(26,27)15-21(7-3-1-4-8-21)19(17(11-31)12-32)35-20(18(13-33)14-34)22(16-24(28,29)30)9-5-2-6-10-22/h31-34H,1-16H2. The fourth-order valence-electron chi connectivity index (χ4n) is 5.79. The first-order chi connectivity index (χ1) is 16.4. The van der Waals surface area contributed by atoms with Crippen LogP contribution < -0.4 is 0 Å². The van der Waals surface area contributed by atoms with E-state index in [2.05, 4.69) is 0 Å². The summed E-state index contributed by atoms with van der Waals surface area (Å²) in [5, 5.41) is 39.6. The number of rotatable bonds is 10. The van der Waals surface area contributed by atoms with Crippen molar-refractivity contribution in [3.05, 3.63) is 22.7 Å². The van der Waals surface area contributed by atoms with E-state index in [0.29, 0.717) is 38.5 Å². The molecule has 204 valence electrons. The molecule has 4 N–H and O–H groups in total. The zero-order valence-electron chi connectivity index (χ0n) is 19.8. The molecule has 0 atom stereocenters. The molecule has 2 fully saturated rings. The molecular weight excluding hydrogens is 482 g/mol. The number of aliphatic hydroxyl groups excluding tert-OH is 4. The Morgan fingerprint density at radius 2 is 0.829 bits per heavy atom. The summed E-state index contributed by atoms with van der Waals surface area (Å²) in [5.41, 5.74) is -3.87. The van der Waals surface area contributed by atoms with Gasteiger partial charge in [0, 0.05) is 22.0 Å². The molecule has 2 aliphatic rings. The van der Waals surface area contributed by atoms with Crippen LogP contribution in [-0.4, -0.2) is 59.2 Å². The minimum atomic E-state index is -4.64. The summed E-state index contributed by atoms with van der Waals surface area (Å²) in [7, 11) is 0. The number of hydrogen-bond donors (Lipinski definition) is 4. The van der Waals surface area contributed by atoms with E-state index in [1.165, 1.54) is 0 Å². The SMILES string of the molecule is OCC(CO)=C(OC(=C(CO)CO)C1(CC(F)(F)F)CCCCC1)C1(CC(F)(F)F)CCCCC1. The molecule has 0 saturated heterocycles. The van der Waals surface area contributed by atoms with Crippen molar-refractivity contribution in [2.24, 2.45) is 10.8 Å². The highest BCUT2D eigenvalue weighted by Crippen LogP contribution is 2.56. The molecule has 0 aromatic carbocycles. The maximum atomic E-state index is 13.8. The third kappa shape index (κ3) is 7.84. The van der Waals surface area contributed by atoms with Crippen LogP contribution in [0.5, 0.6) is 0 Å². The third-order valence-corrected chi connectivity index (χ3v) is 7.27. The fraction of sp³-hybridized carbons (Fsp3) is 0.833. The second-order valence-electron chi connectivity index (χ2n) is 9.87. The highest BCUT2D eigenvalue weighted by molar-refractivity contribution is 5.27. The monoisotopic (exact) mass is 518 g/mol. The van der Waals surface area contributed by atoms with Crippen LogP contribution in [0.3, 0.4) is 0 Å². The number of allylic oxidation sites excluding steroid dienone is 2. The predicted molar refractivity (Wildman–Crippen MR) is 116 cm³/mol. The van der Waals surface area contributed by atoms with Crippen LogP contribution in [0.1, 0.15) is 77.0 Å². The summed E-state index contributed by atoms with van der Waals surface area (Å²) in [4.78, 5) is 0. The van der Waals surface area contributed by atoms with Crippen LogP contribution in [0.15, 0.2) is 22.7 Å². The second kappa shape index (κ2) is 12.3. The second-order valence-corrected chi connectivity index (χ2v) is 9.87. The number of alkyl halides is 6. The molecular formula is C24H36F6O5. The predicted octanol–water partition coefficient (Wildman–Crippen LogP) is 5.29. The summed E-state index contributed by atoms with van der Waals surface area (Å²) < 4.78 is 88.6. The lowest BCUT2D eigenvalue weighted by atomic mass is 9.67. The fourth-order valence-corrected chi connectivity index (χ4v) is 5.79. The topological polar surface area (TPSA) is 90.2 Å². The number of ether oxygens (including phenoxy) is 1. The average molecular weight is 519 g/mol. The zero-order valence-corrected chi connectivity index (χ0v) is 19.8. The highest BCUT2D eigenvalue weighted by Gasteiger charge is 2.51. The van der Waals surface area contributed by atoms with Gasteiger partial charge in [0.1, 0.15) is 11.5 Å². The summed E-state index contributed by atoms with van der Waals surface area (Å²) in [6.07, 6.45) is -8.92. The lowest BCUT2D eigenvalue weighted by Crippen LogP contribution is -2.39. The van der Waals surface area contributed by atoms with E-state index in [0.717, 1.165) is 0 Å². The van der Waals surface area contributed by atoms with Crippen LogP contribution in [-0.2, 0) is 4.74 Å². The highest BCUT2D eigenvalue weighted by atomic mass is 19.4. The van der Waals surface area contributed by atoms with Crippen LogP contribution in [0.4, 0.5) is 26.3 Å². The first-order valence-corrected chi connectivity index (χ1v) is 12.0. The van der Waals surface area contributed by atoms with Gasteiger partial charge in [-0.25, -0.2) is 0 Å². The molecule has 0 amide bonds. The van der Waals surface area contributed by atoms with E-state index in [4.69, 9.17) is 4.74 Å². The van der Waals surface area contributed by atoms with Gasteiger partial charge >= 0.3 is 12.4 Å². The summed E-state index contributed by atoms with van der Waals surface area (Å²) in [6.45, 7) is -3.39. The van der Waals surface area contributed by atoms with E-state index in [-0.39, 0.29) is 48.3 Å². The summed E-state index contributed by atoms with van der Waals surface area (Å²) >= 11 is 0. The Kier molecular flexibility index (Phi) is 10.5. The van der Waals surface area contributed by atoms with Gasteiger partial charge in [-0.3, -0.25) is 0 Å². The number of aliphatic hydroxyl groups is 4. The Morgan fingerprint density at radius 3 is 1.06 bits per heavy atom. The lowest BCUT2D eigenvalue weighted by Gasteiger charge is -2.45. The van der Waals surface area contributed by atoms with Crippen molar-refractivity contribution >= 4 is 0 Å². The average Bonchev–Trinajstić information content (AvgIpc) is 2.77. The van der Waals surface area contributed by atoms with Gasteiger partial charge in [0.05, 0.1) is 39.3 Å². The van der Waals surface area contributed by atoms with Gasteiger partial charge in [0.25, 0.3) is 0 Å². The van der Waals surface area contributed by atoms with E-state index in [1.54, 1.807) is 0 Å². The van der Waals surface area contributed by atoms with Gasteiger partial charge in [0.15, 0.2) is 0 Å². The lowest BCUT2D eigenvalue weighted by molar-refractivity contribution is -0.168. The number of halogens is 6. The third-order valence-electron chi connectivity index (χ3n) is 7.27. The first kappa shape index (κ1) is 29.9. The Morgan fingerprint density at radius 1 is 0.543 bits per heavy atom. The largest absolute Gasteiger partial charge is 0.465 e. The minimum absolute atomic E-state index is 0.0124. The van der Waals surface area contributed by atoms with Gasteiger partial charge in [-0.05, 0) is 25.7 Å². The summed E-state index contributed by atoms with van der Waals surface area (Å²) in [5.74, 6) is -0.776. The smallest absolute Gasteiger partial charge is 0.390 e. The molecule has 0 aromatic rings. The van der Waals surface area contributed by atoms with E-state index in [1.807, 2.05) is 0 Å². The van der Waals surface area contributed by atoms with E-state index >= 15 is 0 Å². The van der Waals surface area contributed by atoms with Crippen LogP contribution in [0, 0.1) is 10.8 Å². The number of hydrogen-bond acceptors (Lipinski definition) is 5. The normalized spacial score (nSPS) is 20.3. The first-order valence-electron chi connectivity index (χ1n) is 12.0. The molecule has 0 bridgehead atoms. The molecule has 5 nitrogen and oxygen atoms in total. The van der Waals surface area contributed by atoms with Gasteiger partial charge in [-0.1, -0.05) is 38.5 Å². The van der Waals surface area contributed by atoms with Crippen molar-refractivity contribution in [2.45, 2.75) is 89.4 Å². The van der Waals surface area contributed by atoms with E-state index < -0.39 is 62.5 Å². The Hall–Kier alpha value is -1.30. The van der Waals surface area contributed by atoms with Gasteiger partial charge in [-0.2, -0.15) is 26.3 Å². The van der Waals surface area contributed by atoms with Crippen LogP contribution >= 0.6 is 0 Å². The maximum Gasteiger partial charge on any atom is 0.390 e. The van der Waals surface area contributed by atoms with Gasteiger partial charge in [0.2, 0.25) is 0 Å². The van der Waals surface area contributed by atoms with E-state index in [9.17, 15) is 46.8 Å². The van der Waals surface area contributed by atoms with Crippen molar-refractivity contribution in [2.75, 3.05) is 26.4 Å².